The molecule has 0 atom stereocenters. The summed E-state index contributed by atoms with van der Waals surface area (Å²) in [7, 11) is 0. The molecule has 3 aromatic rings. The van der Waals surface area contributed by atoms with Crippen LogP contribution in [0.2, 0.25) is 0 Å². The minimum atomic E-state index is -0.744. The van der Waals surface area contributed by atoms with Gasteiger partial charge in [-0.2, -0.15) is 0 Å². The molecule has 2 heterocycles. The van der Waals surface area contributed by atoms with Gasteiger partial charge in [0.2, 0.25) is 0 Å². The first kappa shape index (κ1) is 26.1. The molecule has 0 saturated heterocycles. The molecule has 3 amide bonds. The summed E-state index contributed by atoms with van der Waals surface area (Å²) in [6.45, 7) is 7.22. The molecule has 0 aliphatic carbocycles. The number of ether oxygens (including phenoxy) is 1. The van der Waals surface area contributed by atoms with Crippen LogP contribution < -0.4 is 15.5 Å². The van der Waals surface area contributed by atoms with Crippen molar-refractivity contribution in [3.63, 3.8) is 0 Å². The summed E-state index contributed by atoms with van der Waals surface area (Å²) < 4.78 is 5.19. The lowest BCUT2D eigenvalue weighted by Gasteiger charge is -2.16. The predicted octanol–water partition coefficient (Wildman–Crippen LogP) is 5.01. The highest BCUT2D eigenvalue weighted by Crippen LogP contribution is 2.31. The Labute approximate surface area is 222 Å². The summed E-state index contributed by atoms with van der Waals surface area (Å²) in [6, 6.07) is 12.4. The molecule has 37 heavy (non-hydrogen) atoms. The molecule has 2 aromatic carbocycles. The topological polar surface area (TPSA) is 118 Å². The maximum atomic E-state index is 13.2. The van der Waals surface area contributed by atoms with Crippen molar-refractivity contribution in [2.75, 3.05) is 15.5 Å². The van der Waals surface area contributed by atoms with Crippen LogP contribution in [0.25, 0.3) is 0 Å². The van der Waals surface area contributed by atoms with E-state index in [2.05, 4.69) is 15.6 Å². The van der Waals surface area contributed by atoms with Crippen LogP contribution in [0.3, 0.4) is 0 Å². The summed E-state index contributed by atoms with van der Waals surface area (Å²) in [6.07, 6.45) is -0.328. The van der Waals surface area contributed by atoms with E-state index in [9.17, 15) is 19.2 Å². The van der Waals surface area contributed by atoms with Gasteiger partial charge in [0.05, 0.1) is 23.0 Å². The Morgan fingerprint density at radius 2 is 1.73 bits per heavy atom. The van der Waals surface area contributed by atoms with Crippen molar-refractivity contribution in [2.24, 2.45) is 0 Å². The van der Waals surface area contributed by atoms with E-state index < -0.39 is 17.8 Å². The summed E-state index contributed by atoms with van der Waals surface area (Å²) >= 11 is 7.62. The number of esters is 1. The fourth-order valence-electron chi connectivity index (χ4n) is 3.48. The molecule has 2 N–H and O–H groups in total. The van der Waals surface area contributed by atoms with Gasteiger partial charge in [0, 0.05) is 16.1 Å². The van der Waals surface area contributed by atoms with E-state index in [1.54, 1.807) is 38.1 Å². The van der Waals surface area contributed by atoms with Crippen molar-refractivity contribution in [1.82, 2.24) is 4.98 Å². The van der Waals surface area contributed by atoms with E-state index in [1.807, 2.05) is 13.8 Å². The number of carbonyl (C=O) groups is 4. The summed E-state index contributed by atoms with van der Waals surface area (Å²) in [5.41, 5.74) is 1.75. The second kappa shape index (κ2) is 10.5. The number of aryl methyl sites for hydroxylation is 2. The van der Waals surface area contributed by atoms with Gasteiger partial charge in [0.25, 0.3) is 17.7 Å². The molecule has 190 valence electrons. The zero-order valence-corrected chi connectivity index (χ0v) is 22.0. The average Bonchev–Trinajstić information content (AvgIpc) is 3.28. The van der Waals surface area contributed by atoms with Gasteiger partial charge in [-0.15, -0.1) is 11.3 Å². The number of imide groups is 1. The van der Waals surface area contributed by atoms with Gasteiger partial charge in [-0.05, 0) is 64.1 Å². The molecule has 0 radical (unpaired) electrons. The van der Waals surface area contributed by atoms with Gasteiger partial charge >= 0.3 is 5.97 Å². The molecule has 1 aliphatic heterocycles. The number of amides is 3. The van der Waals surface area contributed by atoms with Gasteiger partial charge in [-0.25, -0.2) is 14.7 Å². The van der Waals surface area contributed by atoms with Crippen molar-refractivity contribution in [1.29, 1.82) is 0 Å². The van der Waals surface area contributed by atoms with E-state index in [0.717, 1.165) is 15.5 Å². The number of hydrogen-bond acceptors (Lipinski definition) is 8. The van der Waals surface area contributed by atoms with Gasteiger partial charge in [-0.1, -0.05) is 23.7 Å². The Balaban J connectivity index is 1.53. The van der Waals surface area contributed by atoms with Crippen molar-refractivity contribution >= 4 is 63.1 Å². The van der Waals surface area contributed by atoms with E-state index in [4.69, 9.17) is 16.3 Å². The number of hydrogen-bond donors (Lipinski definition) is 2. The number of anilines is 3. The molecule has 0 spiro atoms. The van der Waals surface area contributed by atoms with E-state index in [1.165, 1.54) is 35.6 Å². The molecule has 0 unspecified atom stereocenters. The number of thiazole rings is 1. The van der Waals surface area contributed by atoms with E-state index >= 15 is 0 Å². The third-order valence-electron chi connectivity index (χ3n) is 5.35. The average molecular weight is 539 g/mol. The summed E-state index contributed by atoms with van der Waals surface area (Å²) in [5.74, 6) is -2.40. The molecule has 0 fully saturated rings. The summed E-state index contributed by atoms with van der Waals surface area (Å²) in [4.78, 5) is 57.2. The van der Waals surface area contributed by atoms with Crippen LogP contribution in [0.5, 0.6) is 0 Å². The molecule has 9 nitrogen and oxygen atoms in total. The standard InChI is InChI=1S/C26H23ClN4O5S/c1-13(2)36-25(35)17-8-6-10-19(12-17)31-23(33)20(27)21(24(31)34)29-18-9-5-7-16(11-18)22(32)30-26-28-14(3)15(4)37-26/h5-13,29H,1-4H3,(H,28,30,32). The highest BCUT2D eigenvalue weighted by Gasteiger charge is 2.39. The SMILES string of the molecule is Cc1nc(NC(=O)c2cccc(NC3=C(Cl)C(=O)N(c4cccc(C(=O)OC(C)C)c4)C3=O)c2)sc1C. The van der Waals surface area contributed by atoms with Crippen molar-refractivity contribution < 1.29 is 23.9 Å². The van der Waals surface area contributed by atoms with Crippen LogP contribution in [0, 0.1) is 13.8 Å². The normalized spacial score (nSPS) is 13.4. The molecule has 0 bridgehead atoms. The Kier molecular flexibility index (Phi) is 7.42. The number of rotatable bonds is 7. The first-order valence-electron chi connectivity index (χ1n) is 11.3. The lowest BCUT2D eigenvalue weighted by molar-refractivity contribution is -0.120. The summed E-state index contributed by atoms with van der Waals surface area (Å²) in [5, 5.41) is 5.78. The Morgan fingerprint density at radius 3 is 2.41 bits per heavy atom. The lowest BCUT2D eigenvalue weighted by atomic mass is 10.2. The highest BCUT2D eigenvalue weighted by molar-refractivity contribution is 7.15. The van der Waals surface area contributed by atoms with Gasteiger partial charge in [-0.3, -0.25) is 19.7 Å². The molecule has 0 saturated carbocycles. The van der Waals surface area contributed by atoms with Gasteiger partial charge in [0.1, 0.15) is 10.7 Å². The lowest BCUT2D eigenvalue weighted by Crippen LogP contribution is -2.32. The van der Waals surface area contributed by atoms with Crippen molar-refractivity contribution in [3.05, 3.63) is 81.0 Å². The molecule has 11 heteroatoms. The molecular weight excluding hydrogens is 516 g/mol. The van der Waals surface area contributed by atoms with Crippen LogP contribution in [-0.2, 0) is 14.3 Å². The quantitative estimate of drug-likeness (QED) is 0.320. The van der Waals surface area contributed by atoms with Gasteiger partial charge in [0.15, 0.2) is 5.13 Å². The fraction of sp³-hybridized carbons (Fsp3) is 0.192. The van der Waals surface area contributed by atoms with Crippen LogP contribution in [0.15, 0.2) is 59.3 Å². The molecule has 1 aliphatic rings. The smallest absolute Gasteiger partial charge is 0.338 e. The number of nitrogens with zero attached hydrogens (tertiary/aromatic N) is 2. The fourth-order valence-corrected chi connectivity index (χ4v) is 4.50. The Bertz CT molecular complexity index is 1440. The number of halogens is 1. The largest absolute Gasteiger partial charge is 0.459 e. The molecule has 1 aromatic heterocycles. The molecule has 4 rings (SSSR count). The Morgan fingerprint density at radius 1 is 1.03 bits per heavy atom. The van der Waals surface area contributed by atoms with Crippen LogP contribution in [0.4, 0.5) is 16.5 Å². The maximum absolute atomic E-state index is 13.2. The highest BCUT2D eigenvalue weighted by atomic mass is 35.5. The zero-order valence-electron chi connectivity index (χ0n) is 20.4. The maximum Gasteiger partial charge on any atom is 0.338 e. The minimum Gasteiger partial charge on any atom is -0.459 e. The third-order valence-corrected chi connectivity index (χ3v) is 6.69. The predicted molar refractivity (Wildman–Crippen MR) is 142 cm³/mol. The number of carbonyl (C=O) groups excluding carboxylic acids is 4. The van der Waals surface area contributed by atoms with Crippen LogP contribution in [0.1, 0.15) is 45.1 Å². The van der Waals surface area contributed by atoms with Crippen molar-refractivity contribution in [3.8, 4) is 0 Å². The first-order chi connectivity index (χ1) is 17.5. The number of nitrogens with one attached hydrogen (secondary N) is 2. The van der Waals surface area contributed by atoms with Gasteiger partial charge < -0.3 is 10.1 Å². The second-order valence-electron chi connectivity index (χ2n) is 8.46. The monoisotopic (exact) mass is 538 g/mol. The number of aromatic nitrogens is 1. The van der Waals surface area contributed by atoms with Crippen LogP contribution in [-0.4, -0.2) is 34.8 Å². The second-order valence-corrected chi connectivity index (χ2v) is 10.0. The zero-order chi connectivity index (χ0) is 26.9. The third kappa shape index (κ3) is 5.55. The number of benzene rings is 2. The van der Waals surface area contributed by atoms with E-state index in [0.29, 0.717) is 16.4 Å². The molecular formula is C26H23ClN4O5S. The van der Waals surface area contributed by atoms with Crippen molar-refractivity contribution in [2.45, 2.75) is 33.8 Å². The first-order valence-corrected chi connectivity index (χ1v) is 12.5. The Hall–Kier alpha value is -4.02. The van der Waals surface area contributed by atoms with Crippen LogP contribution >= 0.6 is 22.9 Å². The van der Waals surface area contributed by atoms with E-state index in [-0.39, 0.29) is 34.0 Å². The minimum absolute atomic E-state index is 0.148.